The lowest BCUT2D eigenvalue weighted by molar-refractivity contribution is 0.356. The zero-order valence-corrected chi connectivity index (χ0v) is 8.55. The first-order valence-electron chi connectivity index (χ1n) is 4.21. The van der Waals surface area contributed by atoms with Gasteiger partial charge in [-0.05, 0) is 19.3 Å². The van der Waals surface area contributed by atoms with E-state index in [4.69, 9.17) is 0 Å². The van der Waals surface area contributed by atoms with E-state index < -0.39 is 10.1 Å². The predicted octanol–water partition coefficient (Wildman–Crippen LogP) is 1.88. The van der Waals surface area contributed by atoms with Crippen molar-refractivity contribution in [3.63, 3.8) is 0 Å². The Morgan fingerprint density at radius 1 is 1.15 bits per heavy atom. The monoisotopic (exact) mass is 204 g/mol. The summed E-state index contributed by atoms with van der Waals surface area (Å²) in [6.45, 7) is 6.98. The molecule has 0 amide bonds. The first-order chi connectivity index (χ1) is 6.12. The summed E-state index contributed by atoms with van der Waals surface area (Å²) in [5.74, 6) is 0.0781. The normalized spacial score (nSPS) is 11.1. The summed E-state index contributed by atoms with van der Waals surface area (Å²) in [7, 11) is -3.33. The maximum atomic E-state index is 11.1. The Labute approximate surface area is 80.2 Å². The molecule has 0 aliphatic rings. The molecule has 0 unspecified atom stereocenters. The van der Waals surface area contributed by atoms with Crippen LogP contribution in [-0.4, -0.2) is 20.8 Å². The molecular formula is C9H16O3S. The van der Waals surface area contributed by atoms with Crippen LogP contribution in [0.3, 0.4) is 0 Å². The SMILES string of the molecule is C=CCCCCS(=O)(=O)OCC=C. The molecule has 4 heteroatoms. The van der Waals surface area contributed by atoms with Crippen LogP contribution in [0, 0.1) is 0 Å². The lowest BCUT2D eigenvalue weighted by atomic mass is 10.2. The van der Waals surface area contributed by atoms with E-state index in [-0.39, 0.29) is 12.4 Å². The highest BCUT2D eigenvalue weighted by Gasteiger charge is 2.08. The van der Waals surface area contributed by atoms with Crippen LogP contribution in [0.1, 0.15) is 19.3 Å². The van der Waals surface area contributed by atoms with E-state index in [1.54, 1.807) is 6.08 Å². The van der Waals surface area contributed by atoms with Crippen LogP contribution in [-0.2, 0) is 14.3 Å². The first-order valence-corrected chi connectivity index (χ1v) is 5.79. The van der Waals surface area contributed by atoms with Crippen molar-refractivity contribution >= 4 is 10.1 Å². The first kappa shape index (κ1) is 12.4. The number of hydrogen-bond donors (Lipinski definition) is 0. The van der Waals surface area contributed by atoms with Crippen molar-refractivity contribution in [3.8, 4) is 0 Å². The number of hydrogen-bond acceptors (Lipinski definition) is 3. The minimum absolute atomic E-state index is 0.0593. The standard InChI is InChI=1S/C9H16O3S/c1-3-5-6-7-9-13(10,11)12-8-4-2/h3-4H,1-2,5-9H2. The Morgan fingerprint density at radius 3 is 2.38 bits per heavy atom. The van der Waals surface area contributed by atoms with Crippen LogP contribution >= 0.6 is 0 Å². The van der Waals surface area contributed by atoms with E-state index in [1.807, 2.05) is 0 Å². The second-order valence-corrected chi connectivity index (χ2v) is 4.38. The van der Waals surface area contributed by atoms with Crippen molar-refractivity contribution < 1.29 is 12.6 Å². The fraction of sp³-hybridized carbons (Fsp3) is 0.556. The summed E-state index contributed by atoms with van der Waals surface area (Å²) in [6.07, 6.45) is 5.49. The molecule has 0 aromatic carbocycles. The second kappa shape index (κ2) is 6.86. The molecule has 0 radical (unpaired) electrons. The number of unbranched alkanes of at least 4 members (excludes halogenated alkanes) is 2. The molecule has 0 aromatic heterocycles. The highest BCUT2D eigenvalue weighted by molar-refractivity contribution is 7.86. The molecule has 0 aromatic rings. The summed E-state index contributed by atoms with van der Waals surface area (Å²) in [6, 6.07) is 0. The van der Waals surface area contributed by atoms with Crippen LogP contribution in [0.5, 0.6) is 0 Å². The molecule has 0 bridgehead atoms. The van der Waals surface area contributed by atoms with E-state index in [9.17, 15) is 8.42 Å². The van der Waals surface area contributed by atoms with Crippen LogP contribution in [0.25, 0.3) is 0 Å². The lowest BCUT2D eigenvalue weighted by Crippen LogP contribution is -2.10. The molecule has 0 aliphatic heterocycles. The van der Waals surface area contributed by atoms with Gasteiger partial charge in [-0.25, -0.2) is 0 Å². The van der Waals surface area contributed by atoms with E-state index in [2.05, 4.69) is 17.3 Å². The lowest BCUT2D eigenvalue weighted by Gasteiger charge is -2.01. The Morgan fingerprint density at radius 2 is 1.85 bits per heavy atom. The van der Waals surface area contributed by atoms with E-state index in [0.29, 0.717) is 6.42 Å². The van der Waals surface area contributed by atoms with Gasteiger partial charge in [0.05, 0.1) is 12.4 Å². The van der Waals surface area contributed by atoms with Crippen molar-refractivity contribution in [1.82, 2.24) is 0 Å². The number of rotatable bonds is 8. The van der Waals surface area contributed by atoms with Gasteiger partial charge in [-0.15, -0.1) is 13.2 Å². The van der Waals surface area contributed by atoms with Crippen molar-refractivity contribution in [2.75, 3.05) is 12.4 Å². The van der Waals surface area contributed by atoms with Crippen LogP contribution in [0.15, 0.2) is 25.3 Å². The number of allylic oxidation sites excluding steroid dienone is 1. The van der Waals surface area contributed by atoms with E-state index in [0.717, 1.165) is 12.8 Å². The van der Waals surface area contributed by atoms with Gasteiger partial charge in [-0.3, -0.25) is 4.18 Å². The van der Waals surface area contributed by atoms with Gasteiger partial charge in [0, 0.05) is 0 Å². The molecule has 0 aliphatic carbocycles. The predicted molar refractivity (Wildman–Crippen MR) is 54.0 cm³/mol. The minimum Gasteiger partial charge on any atom is -0.266 e. The fourth-order valence-corrected chi connectivity index (χ4v) is 1.76. The molecule has 76 valence electrons. The smallest absolute Gasteiger partial charge is 0.266 e. The fourth-order valence-electron chi connectivity index (χ4n) is 0.778. The van der Waals surface area contributed by atoms with Gasteiger partial charge >= 0.3 is 0 Å². The zero-order valence-electron chi connectivity index (χ0n) is 7.74. The maximum Gasteiger partial charge on any atom is 0.267 e. The molecule has 0 atom stereocenters. The van der Waals surface area contributed by atoms with Crippen molar-refractivity contribution in [2.24, 2.45) is 0 Å². The summed E-state index contributed by atoms with van der Waals surface area (Å²) < 4.78 is 26.7. The molecule has 0 saturated heterocycles. The van der Waals surface area contributed by atoms with Gasteiger partial charge in [0.1, 0.15) is 0 Å². The largest absolute Gasteiger partial charge is 0.267 e. The summed E-state index contributed by atoms with van der Waals surface area (Å²) in [5.41, 5.74) is 0. The highest BCUT2D eigenvalue weighted by Crippen LogP contribution is 2.02. The Hall–Kier alpha value is -0.610. The molecular weight excluding hydrogens is 188 g/mol. The van der Waals surface area contributed by atoms with Crippen molar-refractivity contribution in [3.05, 3.63) is 25.3 Å². The van der Waals surface area contributed by atoms with Gasteiger partial charge < -0.3 is 0 Å². The Kier molecular flexibility index (Phi) is 6.54. The third kappa shape index (κ3) is 7.74. The van der Waals surface area contributed by atoms with E-state index in [1.165, 1.54) is 6.08 Å². The van der Waals surface area contributed by atoms with Gasteiger partial charge in [0.25, 0.3) is 10.1 Å². The molecule has 0 rings (SSSR count). The summed E-state index contributed by atoms with van der Waals surface area (Å²) >= 11 is 0. The average molecular weight is 204 g/mol. The van der Waals surface area contributed by atoms with Gasteiger partial charge in [0.15, 0.2) is 0 Å². The third-order valence-corrected chi connectivity index (χ3v) is 2.70. The molecule has 13 heavy (non-hydrogen) atoms. The molecule has 0 saturated carbocycles. The average Bonchev–Trinajstić information content (AvgIpc) is 2.09. The molecule has 0 N–H and O–H groups in total. The van der Waals surface area contributed by atoms with Crippen LogP contribution in [0.2, 0.25) is 0 Å². The second-order valence-electron chi connectivity index (χ2n) is 2.62. The van der Waals surface area contributed by atoms with Crippen molar-refractivity contribution in [2.45, 2.75) is 19.3 Å². The van der Waals surface area contributed by atoms with Gasteiger partial charge in [-0.2, -0.15) is 8.42 Å². The highest BCUT2D eigenvalue weighted by atomic mass is 32.2. The summed E-state index contributed by atoms with van der Waals surface area (Å²) in [5, 5.41) is 0. The van der Waals surface area contributed by atoms with Gasteiger partial charge in [0.2, 0.25) is 0 Å². The minimum atomic E-state index is -3.33. The van der Waals surface area contributed by atoms with Gasteiger partial charge in [-0.1, -0.05) is 12.2 Å². The third-order valence-electron chi connectivity index (χ3n) is 1.42. The zero-order chi connectivity index (χ0) is 10.2. The molecule has 0 heterocycles. The van der Waals surface area contributed by atoms with Crippen LogP contribution in [0.4, 0.5) is 0 Å². The Bertz CT molecular complexity index is 242. The quantitative estimate of drug-likeness (QED) is 0.344. The molecule has 3 nitrogen and oxygen atoms in total. The molecule has 0 spiro atoms. The van der Waals surface area contributed by atoms with E-state index >= 15 is 0 Å². The van der Waals surface area contributed by atoms with Crippen molar-refractivity contribution in [1.29, 1.82) is 0 Å². The van der Waals surface area contributed by atoms with Crippen LogP contribution < -0.4 is 0 Å². The Balaban J connectivity index is 3.63. The summed E-state index contributed by atoms with van der Waals surface area (Å²) in [4.78, 5) is 0. The molecule has 0 fully saturated rings. The maximum absolute atomic E-state index is 11.1. The topological polar surface area (TPSA) is 43.4 Å².